The second-order valence-electron chi connectivity index (χ2n) is 6.18. The molecule has 0 N–H and O–H groups in total. The van der Waals surface area contributed by atoms with Gasteiger partial charge in [-0.25, -0.2) is 0 Å². The number of hydrogen-bond donors (Lipinski definition) is 0. The number of ether oxygens (including phenoxy) is 3. The molecule has 130 valence electrons. The fourth-order valence-corrected chi connectivity index (χ4v) is 4.97. The predicted molar refractivity (Wildman–Crippen MR) is 101 cm³/mol. The summed E-state index contributed by atoms with van der Waals surface area (Å²) in [5.41, 5.74) is 2.70. The normalized spacial score (nSPS) is 20.9. The Morgan fingerprint density at radius 3 is 2.24 bits per heavy atom. The lowest BCUT2D eigenvalue weighted by atomic mass is 9.76. The molecule has 2 aromatic rings. The molecule has 1 aliphatic carbocycles. The van der Waals surface area contributed by atoms with E-state index < -0.39 is 0 Å². The smallest absolute Gasteiger partial charge is 0.173 e. The van der Waals surface area contributed by atoms with Crippen LogP contribution in [0.15, 0.2) is 33.2 Å². The minimum Gasteiger partial charge on any atom is -0.495 e. The molecule has 4 rings (SSSR count). The van der Waals surface area contributed by atoms with E-state index in [1.807, 2.05) is 24.3 Å². The van der Waals surface area contributed by atoms with Crippen molar-refractivity contribution in [2.75, 3.05) is 14.2 Å². The molecule has 6 heteroatoms. The zero-order valence-electron chi connectivity index (χ0n) is 13.8. The molecule has 0 bridgehead atoms. The molecule has 4 nitrogen and oxygen atoms in total. The average molecular weight is 468 g/mol. The van der Waals surface area contributed by atoms with Crippen molar-refractivity contribution in [1.82, 2.24) is 0 Å². The number of benzene rings is 2. The molecule has 1 heterocycles. The second-order valence-corrected chi connectivity index (χ2v) is 7.77. The van der Waals surface area contributed by atoms with Gasteiger partial charge < -0.3 is 14.2 Å². The first kappa shape index (κ1) is 16.9. The third-order valence-electron chi connectivity index (χ3n) is 4.96. The van der Waals surface area contributed by atoms with E-state index in [0.29, 0.717) is 24.2 Å². The number of methoxy groups -OCH3 is 2. The van der Waals surface area contributed by atoms with Crippen LogP contribution in [0.5, 0.6) is 17.2 Å². The van der Waals surface area contributed by atoms with Gasteiger partial charge in [-0.2, -0.15) is 0 Å². The van der Waals surface area contributed by atoms with Gasteiger partial charge in [0.25, 0.3) is 0 Å². The van der Waals surface area contributed by atoms with Gasteiger partial charge in [0.15, 0.2) is 5.78 Å². The van der Waals surface area contributed by atoms with E-state index in [4.69, 9.17) is 14.2 Å². The summed E-state index contributed by atoms with van der Waals surface area (Å²) in [4.78, 5) is 13.0. The molecular weight excluding hydrogens is 452 g/mol. The summed E-state index contributed by atoms with van der Waals surface area (Å²) in [6.45, 7) is 0. The molecule has 0 unspecified atom stereocenters. The Balaban J connectivity index is 1.85. The molecule has 0 radical (unpaired) electrons. The second kappa shape index (κ2) is 6.32. The first-order chi connectivity index (χ1) is 12.1. The van der Waals surface area contributed by atoms with E-state index in [2.05, 4.69) is 31.9 Å². The molecule has 2 aliphatic rings. The summed E-state index contributed by atoms with van der Waals surface area (Å²) in [5, 5.41) is 0. The number of rotatable bonds is 2. The SMILES string of the molecule is COc1c(Br)c(Br)c(OC)c2c1C[C@@H]1C(=O)c3ccccc3O[C@@H]1C2. The zero-order chi connectivity index (χ0) is 17.7. The number of hydrogen-bond acceptors (Lipinski definition) is 4. The first-order valence-corrected chi connectivity index (χ1v) is 9.56. The van der Waals surface area contributed by atoms with Crippen LogP contribution in [0.2, 0.25) is 0 Å². The summed E-state index contributed by atoms with van der Waals surface area (Å²) in [6.07, 6.45) is 0.978. The molecule has 0 aromatic heterocycles. The number of para-hydroxylation sites is 1. The maximum Gasteiger partial charge on any atom is 0.173 e. The third kappa shape index (κ3) is 2.49. The lowest BCUT2D eigenvalue weighted by molar-refractivity contribution is 0.0629. The van der Waals surface area contributed by atoms with Crippen molar-refractivity contribution in [1.29, 1.82) is 0 Å². The van der Waals surface area contributed by atoms with Crippen LogP contribution in [0, 0.1) is 5.92 Å². The molecule has 1 aliphatic heterocycles. The molecule has 25 heavy (non-hydrogen) atoms. The van der Waals surface area contributed by atoms with E-state index in [0.717, 1.165) is 31.6 Å². The molecule has 0 amide bonds. The fraction of sp³-hybridized carbons (Fsp3) is 0.316. The Labute approximate surface area is 162 Å². The number of halogens is 2. The predicted octanol–water partition coefficient (Wildman–Crippen LogP) is 4.59. The van der Waals surface area contributed by atoms with E-state index in [9.17, 15) is 4.79 Å². The van der Waals surface area contributed by atoms with Crippen LogP contribution < -0.4 is 14.2 Å². The lowest BCUT2D eigenvalue weighted by Crippen LogP contribution is -2.43. The van der Waals surface area contributed by atoms with E-state index in [-0.39, 0.29) is 17.8 Å². The van der Waals surface area contributed by atoms with Crippen molar-refractivity contribution in [3.63, 3.8) is 0 Å². The topological polar surface area (TPSA) is 44.8 Å². The van der Waals surface area contributed by atoms with Crippen molar-refractivity contribution in [2.45, 2.75) is 18.9 Å². The summed E-state index contributed by atoms with van der Waals surface area (Å²) >= 11 is 7.15. The first-order valence-electron chi connectivity index (χ1n) is 7.97. The lowest BCUT2D eigenvalue weighted by Gasteiger charge is -2.38. The van der Waals surface area contributed by atoms with Gasteiger partial charge in [-0.15, -0.1) is 0 Å². The number of carbonyl (C=O) groups is 1. The summed E-state index contributed by atoms with van der Waals surface area (Å²) in [6, 6.07) is 7.45. The monoisotopic (exact) mass is 466 g/mol. The van der Waals surface area contributed by atoms with Crippen LogP contribution in [0.3, 0.4) is 0 Å². The minimum absolute atomic E-state index is 0.137. The maximum absolute atomic E-state index is 13.0. The van der Waals surface area contributed by atoms with E-state index in [1.54, 1.807) is 14.2 Å². The van der Waals surface area contributed by atoms with Gasteiger partial charge in [0.2, 0.25) is 0 Å². The quantitative estimate of drug-likeness (QED) is 0.648. The van der Waals surface area contributed by atoms with Crippen LogP contribution in [-0.2, 0) is 12.8 Å². The Morgan fingerprint density at radius 1 is 1.00 bits per heavy atom. The van der Waals surface area contributed by atoms with Crippen LogP contribution in [0.4, 0.5) is 0 Å². The molecule has 0 spiro atoms. The van der Waals surface area contributed by atoms with Gasteiger partial charge in [-0.3, -0.25) is 4.79 Å². The average Bonchev–Trinajstić information content (AvgIpc) is 2.62. The number of Topliss-reactive ketones (excluding diaryl/α,β-unsaturated/α-hetero) is 1. The Hall–Kier alpha value is -1.53. The number of ketones is 1. The standard InChI is InChI=1S/C19H16Br2O4/c1-23-18-10-7-12-14(8-11(10)19(24-2)16(21)15(18)20)25-13-6-4-3-5-9(13)17(12)22/h3-6,12,14H,7-8H2,1-2H3/t12-,14+/m0/s1. The highest BCUT2D eigenvalue weighted by molar-refractivity contribution is 9.13. The molecule has 0 saturated heterocycles. The van der Waals surface area contributed by atoms with E-state index in [1.165, 1.54) is 0 Å². The van der Waals surface area contributed by atoms with Crippen LogP contribution in [0.1, 0.15) is 21.5 Å². The highest BCUT2D eigenvalue weighted by Gasteiger charge is 2.43. The molecule has 0 saturated carbocycles. The van der Waals surface area contributed by atoms with Crippen molar-refractivity contribution >= 4 is 37.6 Å². The van der Waals surface area contributed by atoms with Crippen LogP contribution in [0.25, 0.3) is 0 Å². The van der Waals surface area contributed by atoms with Crippen molar-refractivity contribution in [2.24, 2.45) is 5.92 Å². The van der Waals surface area contributed by atoms with Crippen molar-refractivity contribution < 1.29 is 19.0 Å². The summed E-state index contributed by atoms with van der Waals surface area (Å²) < 4.78 is 19.0. The molecule has 2 atom stereocenters. The summed E-state index contributed by atoms with van der Waals surface area (Å²) in [5.74, 6) is 2.09. The van der Waals surface area contributed by atoms with Gasteiger partial charge in [0, 0.05) is 17.5 Å². The zero-order valence-corrected chi connectivity index (χ0v) is 16.9. The van der Waals surface area contributed by atoms with Gasteiger partial charge in [0.05, 0.1) is 34.6 Å². The third-order valence-corrected chi connectivity index (χ3v) is 7.00. The Morgan fingerprint density at radius 2 is 1.60 bits per heavy atom. The largest absolute Gasteiger partial charge is 0.495 e. The van der Waals surface area contributed by atoms with Gasteiger partial charge >= 0.3 is 0 Å². The Bertz CT molecular complexity index is 878. The fourth-order valence-electron chi connectivity index (χ4n) is 3.81. The van der Waals surface area contributed by atoms with Crippen LogP contribution in [-0.4, -0.2) is 26.1 Å². The van der Waals surface area contributed by atoms with Gasteiger partial charge in [-0.05, 0) is 50.4 Å². The van der Waals surface area contributed by atoms with Crippen molar-refractivity contribution in [3.8, 4) is 17.2 Å². The van der Waals surface area contributed by atoms with Crippen LogP contribution >= 0.6 is 31.9 Å². The molecular formula is C19H16Br2O4. The molecule has 2 aromatic carbocycles. The number of carbonyl (C=O) groups excluding carboxylic acids is 1. The highest BCUT2D eigenvalue weighted by atomic mass is 79.9. The Kier molecular flexibility index (Phi) is 4.28. The molecule has 0 fully saturated rings. The van der Waals surface area contributed by atoms with Gasteiger partial charge in [-0.1, -0.05) is 12.1 Å². The van der Waals surface area contributed by atoms with E-state index >= 15 is 0 Å². The van der Waals surface area contributed by atoms with Gasteiger partial charge in [0.1, 0.15) is 23.4 Å². The van der Waals surface area contributed by atoms with Crippen molar-refractivity contribution in [3.05, 3.63) is 49.9 Å². The number of fused-ring (bicyclic) bond motifs is 3. The minimum atomic E-state index is -0.214. The highest BCUT2D eigenvalue weighted by Crippen LogP contribution is 2.50. The summed E-state index contributed by atoms with van der Waals surface area (Å²) in [7, 11) is 3.29. The maximum atomic E-state index is 13.0.